The molecule has 19 heavy (non-hydrogen) atoms. The van der Waals surface area contributed by atoms with Crippen LogP contribution in [0, 0.1) is 11.6 Å². The number of carbonyl (C=O) groups is 2. The van der Waals surface area contributed by atoms with E-state index in [2.05, 4.69) is 21.2 Å². The molecule has 1 saturated heterocycles. The number of hydrogen-bond acceptors (Lipinski definition) is 2. The van der Waals surface area contributed by atoms with Crippen molar-refractivity contribution in [1.82, 2.24) is 5.32 Å². The average Bonchev–Trinajstić information content (AvgIpc) is 2.45. The van der Waals surface area contributed by atoms with Crippen LogP contribution in [0.3, 0.4) is 0 Å². The zero-order valence-corrected chi connectivity index (χ0v) is 11.6. The Morgan fingerprint density at radius 1 is 1.32 bits per heavy atom. The van der Waals surface area contributed by atoms with Gasteiger partial charge in [0.1, 0.15) is 17.7 Å². The zero-order valence-electron chi connectivity index (χ0n) is 10.0. The molecule has 1 aliphatic rings. The summed E-state index contributed by atoms with van der Waals surface area (Å²) in [6.07, 6.45) is 0.0739. The van der Waals surface area contributed by atoms with E-state index in [4.69, 9.17) is 0 Å². The van der Waals surface area contributed by atoms with Gasteiger partial charge in [-0.05, 0) is 28.9 Å². The predicted molar refractivity (Wildman–Crippen MR) is 68.6 cm³/mol. The quantitative estimate of drug-likeness (QED) is 0.799. The van der Waals surface area contributed by atoms with Crippen LogP contribution in [-0.2, 0) is 9.59 Å². The minimum absolute atomic E-state index is 0.0402. The van der Waals surface area contributed by atoms with Gasteiger partial charge in [-0.25, -0.2) is 8.78 Å². The van der Waals surface area contributed by atoms with Gasteiger partial charge in [0.25, 0.3) is 0 Å². The van der Waals surface area contributed by atoms with Gasteiger partial charge in [0, 0.05) is 19.0 Å². The largest absolute Gasteiger partial charge is 0.345 e. The fourth-order valence-corrected chi connectivity index (χ4v) is 2.22. The summed E-state index contributed by atoms with van der Waals surface area (Å²) in [6.45, 7) is 1.58. The van der Waals surface area contributed by atoms with Crippen LogP contribution in [-0.4, -0.2) is 24.4 Å². The highest BCUT2D eigenvalue weighted by Gasteiger charge is 2.29. The summed E-state index contributed by atoms with van der Waals surface area (Å²) in [7, 11) is 0. The third-order valence-corrected chi connectivity index (χ3v) is 3.46. The number of nitrogens with one attached hydrogen (secondary N) is 1. The molecule has 1 aliphatic heterocycles. The Hall–Kier alpha value is -1.50. The van der Waals surface area contributed by atoms with Crippen molar-refractivity contribution in [3.05, 3.63) is 28.2 Å². The standard InChI is InChI=1S/C12H11BrF2N2O2/c1-6-12(19)17(3-2-11(18)16-6)10-4-7(13)8(14)5-9(10)15/h4-6H,2-3H2,1H3,(H,16,18). The van der Waals surface area contributed by atoms with Gasteiger partial charge in [0.2, 0.25) is 11.8 Å². The summed E-state index contributed by atoms with van der Waals surface area (Å²) < 4.78 is 27.0. The van der Waals surface area contributed by atoms with E-state index in [1.165, 1.54) is 13.0 Å². The number of benzene rings is 1. The highest BCUT2D eigenvalue weighted by atomic mass is 79.9. The Labute approximate surface area is 116 Å². The summed E-state index contributed by atoms with van der Waals surface area (Å²) >= 11 is 2.95. The van der Waals surface area contributed by atoms with Crippen LogP contribution in [0.2, 0.25) is 0 Å². The van der Waals surface area contributed by atoms with Crippen molar-refractivity contribution < 1.29 is 18.4 Å². The van der Waals surface area contributed by atoms with Crippen molar-refractivity contribution >= 4 is 33.4 Å². The smallest absolute Gasteiger partial charge is 0.249 e. The molecule has 0 aromatic heterocycles. The molecule has 0 radical (unpaired) electrons. The number of carbonyl (C=O) groups excluding carboxylic acids is 2. The number of anilines is 1. The molecule has 1 atom stereocenters. The maximum absolute atomic E-state index is 13.8. The fraction of sp³-hybridized carbons (Fsp3) is 0.333. The maximum Gasteiger partial charge on any atom is 0.249 e. The minimum Gasteiger partial charge on any atom is -0.345 e. The lowest BCUT2D eigenvalue weighted by Gasteiger charge is -2.23. The molecule has 102 valence electrons. The van der Waals surface area contributed by atoms with Crippen molar-refractivity contribution in [2.75, 3.05) is 11.4 Å². The second kappa shape index (κ2) is 5.24. The van der Waals surface area contributed by atoms with Crippen LogP contribution in [0.1, 0.15) is 13.3 Å². The number of hydrogen-bond donors (Lipinski definition) is 1. The first kappa shape index (κ1) is 13.9. The van der Waals surface area contributed by atoms with E-state index in [9.17, 15) is 18.4 Å². The van der Waals surface area contributed by atoms with Crippen molar-refractivity contribution in [2.45, 2.75) is 19.4 Å². The lowest BCUT2D eigenvalue weighted by Crippen LogP contribution is -2.43. The zero-order chi connectivity index (χ0) is 14.2. The Morgan fingerprint density at radius 3 is 2.68 bits per heavy atom. The molecule has 1 aromatic carbocycles. The molecular formula is C12H11BrF2N2O2. The Balaban J connectivity index is 2.42. The first-order valence-corrected chi connectivity index (χ1v) is 6.44. The van der Waals surface area contributed by atoms with Crippen molar-refractivity contribution in [3.63, 3.8) is 0 Å². The van der Waals surface area contributed by atoms with Crippen LogP contribution in [0.4, 0.5) is 14.5 Å². The van der Waals surface area contributed by atoms with E-state index in [0.717, 1.165) is 4.90 Å². The van der Waals surface area contributed by atoms with Gasteiger partial charge < -0.3 is 10.2 Å². The predicted octanol–water partition coefficient (Wildman–Crippen LogP) is 1.97. The maximum atomic E-state index is 13.8. The summed E-state index contributed by atoms with van der Waals surface area (Å²) in [6, 6.07) is 1.17. The van der Waals surface area contributed by atoms with Crippen LogP contribution in [0.25, 0.3) is 0 Å². The van der Waals surface area contributed by atoms with Gasteiger partial charge in [0.15, 0.2) is 0 Å². The lowest BCUT2D eigenvalue weighted by molar-refractivity contribution is -0.125. The van der Waals surface area contributed by atoms with Crippen molar-refractivity contribution in [2.24, 2.45) is 0 Å². The topological polar surface area (TPSA) is 49.4 Å². The summed E-state index contributed by atoms with van der Waals surface area (Å²) in [5.41, 5.74) is -0.0402. The molecule has 1 aromatic rings. The molecule has 1 heterocycles. The molecule has 0 spiro atoms. The van der Waals surface area contributed by atoms with E-state index in [-0.39, 0.29) is 29.0 Å². The normalized spacial score (nSPS) is 20.2. The van der Waals surface area contributed by atoms with Gasteiger partial charge in [-0.3, -0.25) is 9.59 Å². The number of rotatable bonds is 1. The third kappa shape index (κ3) is 2.75. The molecule has 1 fully saturated rings. The van der Waals surface area contributed by atoms with E-state index in [0.29, 0.717) is 6.07 Å². The van der Waals surface area contributed by atoms with Gasteiger partial charge >= 0.3 is 0 Å². The first-order valence-electron chi connectivity index (χ1n) is 5.65. The third-order valence-electron chi connectivity index (χ3n) is 2.86. The monoisotopic (exact) mass is 332 g/mol. The molecule has 1 N–H and O–H groups in total. The molecule has 4 nitrogen and oxygen atoms in total. The van der Waals surface area contributed by atoms with E-state index >= 15 is 0 Å². The summed E-state index contributed by atoms with van der Waals surface area (Å²) in [5.74, 6) is -2.28. The van der Waals surface area contributed by atoms with E-state index < -0.39 is 23.6 Å². The second-order valence-electron chi connectivity index (χ2n) is 4.25. The van der Waals surface area contributed by atoms with Gasteiger partial charge in [0.05, 0.1) is 10.2 Å². The van der Waals surface area contributed by atoms with E-state index in [1.54, 1.807) is 0 Å². The van der Waals surface area contributed by atoms with Gasteiger partial charge in [-0.1, -0.05) is 0 Å². The Bertz CT molecular complexity index is 551. The minimum atomic E-state index is -0.837. The summed E-state index contributed by atoms with van der Waals surface area (Å²) in [5, 5.41) is 2.50. The SMILES string of the molecule is CC1NC(=O)CCN(c2cc(Br)c(F)cc2F)C1=O. The van der Waals surface area contributed by atoms with Gasteiger partial charge in [-0.15, -0.1) is 0 Å². The second-order valence-corrected chi connectivity index (χ2v) is 5.10. The van der Waals surface area contributed by atoms with Crippen LogP contribution in [0.5, 0.6) is 0 Å². The molecule has 2 amide bonds. The van der Waals surface area contributed by atoms with Crippen LogP contribution < -0.4 is 10.2 Å². The number of halogens is 3. The molecule has 0 bridgehead atoms. The molecule has 2 rings (SSSR count). The average molecular weight is 333 g/mol. The highest BCUT2D eigenvalue weighted by molar-refractivity contribution is 9.10. The molecule has 7 heteroatoms. The summed E-state index contributed by atoms with van der Waals surface area (Å²) in [4.78, 5) is 24.6. The van der Waals surface area contributed by atoms with Crippen LogP contribution >= 0.6 is 15.9 Å². The Morgan fingerprint density at radius 2 is 2.00 bits per heavy atom. The Kier molecular flexibility index (Phi) is 3.84. The molecule has 1 unspecified atom stereocenters. The molecular weight excluding hydrogens is 322 g/mol. The fourth-order valence-electron chi connectivity index (χ4n) is 1.89. The molecule has 0 saturated carbocycles. The highest BCUT2D eigenvalue weighted by Crippen LogP contribution is 2.28. The number of nitrogens with zero attached hydrogens (tertiary/aromatic N) is 1. The van der Waals surface area contributed by atoms with Crippen molar-refractivity contribution in [1.29, 1.82) is 0 Å². The molecule has 0 aliphatic carbocycles. The van der Waals surface area contributed by atoms with Gasteiger partial charge in [-0.2, -0.15) is 0 Å². The van der Waals surface area contributed by atoms with Crippen molar-refractivity contribution in [3.8, 4) is 0 Å². The number of amides is 2. The van der Waals surface area contributed by atoms with Crippen LogP contribution in [0.15, 0.2) is 16.6 Å². The van der Waals surface area contributed by atoms with E-state index in [1.807, 2.05) is 0 Å². The lowest BCUT2D eigenvalue weighted by atomic mass is 10.2. The first-order chi connectivity index (χ1) is 8.90.